The molecule has 0 aliphatic carbocycles. The fourth-order valence-electron chi connectivity index (χ4n) is 1.88. The monoisotopic (exact) mass is 256 g/mol. The van der Waals surface area contributed by atoms with Crippen molar-refractivity contribution in [1.29, 1.82) is 5.41 Å². The molecule has 1 aromatic rings. The summed E-state index contributed by atoms with van der Waals surface area (Å²) in [6, 6.07) is 8.13. The third-order valence-electron chi connectivity index (χ3n) is 3.02. The number of benzene rings is 1. The van der Waals surface area contributed by atoms with Crippen LogP contribution in [-0.2, 0) is 6.42 Å². The van der Waals surface area contributed by atoms with E-state index in [4.69, 9.17) is 11.1 Å². The van der Waals surface area contributed by atoms with Crippen LogP contribution in [0.25, 0.3) is 0 Å². The maximum Gasteiger partial charge on any atom is 0.0392 e. The van der Waals surface area contributed by atoms with Crippen LogP contribution < -0.4 is 5.73 Å². The van der Waals surface area contributed by atoms with Gasteiger partial charge in [-0.15, -0.1) is 0 Å². The molecule has 0 unspecified atom stereocenters. The van der Waals surface area contributed by atoms with Gasteiger partial charge in [-0.2, -0.15) is 0 Å². The second kappa shape index (κ2) is 7.57. The lowest BCUT2D eigenvalue weighted by Crippen LogP contribution is -2.06. The Morgan fingerprint density at radius 1 is 1.16 bits per heavy atom. The molecule has 1 aromatic carbocycles. The van der Waals surface area contributed by atoms with E-state index in [0.29, 0.717) is 12.1 Å². The SMILES string of the molecule is CCc1ccccc1C(=N)CC/C(N)=C/C=C(C)C. The van der Waals surface area contributed by atoms with Crippen molar-refractivity contribution in [2.45, 2.75) is 40.0 Å². The maximum absolute atomic E-state index is 8.19. The molecule has 0 heterocycles. The van der Waals surface area contributed by atoms with E-state index in [2.05, 4.69) is 13.0 Å². The van der Waals surface area contributed by atoms with E-state index in [0.717, 1.165) is 24.1 Å². The summed E-state index contributed by atoms with van der Waals surface area (Å²) in [6.45, 7) is 6.21. The standard InChI is InChI=1S/C17H24N2/c1-4-14-7-5-6-8-16(14)17(19)12-11-15(18)10-9-13(2)3/h5-10,19H,4,11-12,18H2,1-3H3/b15-10-,19-17?. The van der Waals surface area contributed by atoms with Gasteiger partial charge in [0.15, 0.2) is 0 Å². The molecule has 102 valence electrons. The van der Waals surface area contributed by atoms with Crippen molar-refractivity contribution in [2.24, 2.45) is 5.73 Å². The summed E-state index contributed by atoms with van der Waals surface area (Å²) in [7, 11) is 0. The van der Waals surface area contributed by atoms with Crippen LogP contribution in [0.1, 0.15) is 44.7 Å². The van der Waals surface area contributed by atoms with Crippen LogP contribution >= 0.6 is 0 Å². The highest BCUT2D eigenvalue weighted by molar-refractivity contribution is 5.99. The number of rotatable bonds is 6. The highest BCUT2D eigenvalue weighted by Gasteiger charge is 2.06. The molecular weight excluding hydrogens is 232 g/mol. The lowest BCUT2D eigenvalue weighted by atomic mass is 9.98. The molecule has 0 bridgehead atoms. The Balaban J connectivity index is 2.66. The Labute approximate surface area is 116 Å². The summed E-state index contributed by atoms with van der Waals surface area (Å²) in [5, 5.41) is 8.19. The van der Waals surface area contributed by atoms with Crippen LogP contribution in [0.4, 0.5) is 0 Å². The van der Waals surface area contributed by atoms with Gasteiger partial charge in [0.1, 0.15) is 0 Å². The molecule has 0 aliphatic heterocycles. The van der Waals surface area contributed by atoms with Gasteiger partial charge in [-0.05, 0) is 50.3 Å². The van der Waals surface area contributed by atoms with Crippen LogP contribution in [0.5, 0.6) is 0 Å². The summed E-state index contributed by atoms with van der Waals surface area (Å²) in [4.78, 5) is 0. The summed E-state index contributed by atoms with van der Waals surface area (Å²) in [5.41, 5.74) is 11.0. The summed E-state index contributed by atoms with van der Waals surface area (Å²) >= 11 is 0. The van der Waals surface area contributed by atoms with E-state index in [1.54, 1.807) is 0 Å². The van der Waals surface area contributed by atoms with Gasteiger partial charge < -0.3 is 11.1 Å². The fourth-order valence-corrected chi connectivity index (χ4v) is 1.88. The first-order valence-corrected chi connectivity index (χ1v) is 6.79. The van der Waals surface area contributed by atoms with Gasteiger partial charge in [0, 0.05) is 11.4 Å². The van der Waals surface area contributed by atoms with E-state index in [1.807, 2.05) is 44.2 Å². The third-order valence-corrected chi connectivity index (χ3v) is 3.02. The molecule has 0 radical (unpaired) electrons. The Kier molecular flexibility index (Phi) is 6.07. The number of aryl methyl sites for hydroxylation is 1. The minimum Gasteiger partial charge on any atom is -0.402 e. The zero-order valence-corrected chi connectivity index (χ0v) is 12.2. The fraction of sp³-hybridized carbons (Fsp3) is 0.353. The molecule has 1 rings (SSSR count). The van der Waals surface area contributed by atoms with Crippen molar-refractivity contribution in [3.63, 3.8) is 0 Å². The van der Waals surface area contributed by atoms with Crippen LogP contribution in [0, 0.1) is 5.41 Å². The van der Waals surface area contributed by atoms with Crippen molar-refractivity contribution in [3.05, 3.63) is 58.8 Å². The largest absolute Gasteiger partial charge is 0.402 e. The highest BCUT2D eigenvalue weighted by Crippen LogP contribution is 2.14. The average molecular weight is 256 g/mol. The minimum absolute atomic E-state index is 0.672. The summed E-state index contributed by atoms with van der Waals surface area (Å²) < 4.78 is 0. The van der Waals surface area contributed by atoms with E-state index >= 15 is 0 Å². The van der Waals surface area contributed by atoms with Crippen molar-refractivity contribution in [3.8, 4) is 0 Å². The molecule has 3 N–H and O–H groups in total. The number of allylic oxidation sites excluding steroid dienone is 4. The molecule has 0 saturated heterocycles. The Morgan fingerprint density at radius 2 is 1.84 bits per heavy atom. The van der Waals surface area contributed by atoms with E-state index in [1.165, 1.54) is 11.1 Å². The molecule has 0 fully saturated rings. The molecule has 0 saturated carbocycles. The Hall–Kier alpha value is -1.83. The first-order chi connectivity index (χ1) is 9.04. The maximum atomic E-state index is 8.19. The Bertz CT molecular complexity index is 492. The zero-order valence-electron chi connectivity index (χ0n) is 12.2. The lowest BCUT2D eigenvalue weighted by Gasteiger charge is -2.09. The normalized spacial score (nSPS) is 11.2. The molecular formula is C17H24N2. The second-order valence-electron chi connectivity index (χ2n) is 4.97. The summed E-state index contributed by atoms with van der Waals surface area (Å²) in [6.07, 6.45) is 6.34. The van der Waals surface area contributed by atoms with Gasteiger partial charge in [-0.3, -0.25) is 0 Å². The van der Waals surface area contributed by atoms with E-state index in [9.17, 15) is 0 Å². The molecule has 0 amide bonds. The van der Waals surface area contributed by atoms with Gasteiger partial charge in [-0.25, -0.2) is 0 Å². The molecule has 0 aromatic heterocycles. The van der Waals surface area contributed by atoms with Gasteiger partial charge >= 0.3 is 0 Å². The average Bonchev–Trinajstić information content (AvgIpc) is 2.42. The molecule has 2 heteroatoms. The van der Waals surface area contributed by atoms with Crippen molar-refractivity contribution < 1.29 is 0 Å². The number of nitrogens with two attached hydrogens (primary N) is 1. The predicted molar refractivity (Wildman–Crippen MR) is 83.6 cm³/mol. The highest BCUT2D eigenvalue weighted by atomic mass is 14.6. The molecule has 0 atom stereocenters. The lowest BCUT2D eigenvalue weighted by molar-refractivity contribution is 0.980. The Morgan fingerprint density at radius 3 is 2.47 bits per heavy atom. The number of hydrogen-bond acceptors (Lipinski definition) is 2. The number of hydrogen-bond donors (Lipinski definition) is 2. The van der Waals surface area contributed by atoms with Crippen molar-refractivity contribution in [2.75, 3.05) is 0 Å². The molecule has 19 heavy (non-hydrogen) atoms. The first kappa shape index (κ1) is 15.2. The second-order valence-corrected chi connectivity index (χ2v) is 4.97. The number of nitrogens with one attached hydrogen (secondary N) is 1. The van der Waals surface area contributed by atoms with Crippen LogP contribution in [0.2, 0.25) is 0 Å². The van der Waals surface area contributed by atoms with Crippen LogP contribution in [0.3, 0.4) is 0 Å². The van der Waals surface area contributed by atoms with Crippen LogP contribution in [0.15, 0.2) is 47.7 Å². The topological polar surface area (TPSA) is 49.9 Å². The van der Waals surface area contributed by atoms with Crippen molar-refractivity contribution >= 4 is 5.71 Å². The zero-order chi connectivity index (χ0) is 14.3. The predicted octanol–water partition coefficient (Wildman–Crippen LogP) is 4.21. The molecule has 0 spiro atoms. The summed E-state index contributed by atoms with van der Waals surface area (Å²) in [5.74, 6) is 0. The van der Waals surface area contributed by atoms with Gasteiger partial charge in [-0.1, -0.05) is 42.8 Å². The van der Waals surface area contributed by atoms with Crippen LogP contribution in [-0.4, -0.2) is 5.71 Å². The van der Waals surface area contributed by atoms with E-state index < -0.39 is 0 Å². The van der Waals surface area contributed by atoms with Gasteiger partial charge in [0.05, 0.1) is 0 Å². The third kappa shape index (κ3) is 5.12. The van der Waals surface area contributed by atoms with E-state index in [-0.39, 0.29) is 0 Å². The van der Waals surface area contributed by atoms with Crippen molar-refractivity contribution in [1.82, 2.24) is 0 Å². The van der Waals surface area contributed by atoms with Gasteiger partial charge in [0.25, 0.3) is 0 Å². The first-order valence-electron chi connectivity index (χ1n) is 6.79. The quantitative estimate of drug-likeness (QED) is 0.581. The minimum atomic E-state index is 0.672. The smallest absolute Gasteiger partial charge is 0.0392 e. The molecule has 2 nitrogen and oxygen atoms in total. The molecule has 0 aliphatic rings. The van der Waals surface area contributed by atoms with Gasteiger partial charge in [0.2, 0.25) is 0 Å².